The number of hydrogen-bond donors (Lipinski definition) is 1. The maximum atomic E-state index is 11.1. The van der Waals surface area contributed by atoms with E-state index in [4.69, 9.17) is 0 Å². The van der Waals surface area contributed by atoms with E-state index in [1.165, 1.54) is 36.7 Å². The molecule has 2 aromatic rings. The first-order chi connectivity index (χ1) is 10.6. The van der Waals surface area contributed by atoms with E-state index in [0.29, 0.717) is 11.2 Å². The first-order valence-electron chi connectivity index (χ1n) is 7.55. The summed E-state index contributed by atoms with van der Waals surface area (Å²) in [5, 5.41) is 9.83. The molecule has 1 fully saturated rings. The van der Waals surface area contributed by atoms with E-state index in [2.05, 4.69) is 33.4 Å². The van der Waals surface area contributed by atoms with E-state index in [1.54, 1.807) is 0 Å². The highest BCUT2D eigenvalue weighted by Gasteiger charge is 2.25. The lowest BCUT2D eigenvalue weighted by atomic mass is 10.2. The van der Waals surface area contributed by atoms with Crippen LogP contribution in [0.15, 0.2) is 17.8 Å². The molecular weight excluding hydrogens is 298 g/mol. The van der Waals surface area contributed by atoms with Gasteiger partial charge in [-0.1, -0.05) is 0 Å². The molecule has 22 heavy (non-hydrogen) atoms. The Kier molecular flexibility index (Phi) is 4.54. The van der Waals surface area contributed by atoms with Crippen LogP contribution in [0, 0.1) is 6.92 Å². The largest absolute Gasteiger partial charge is 0.302 e. The van der Waals surface area contributed by atoms with Crippen molar-refractivity contribution in [3.8, 4) is 0 Å². The summed E-state index contributed by atoms with van der Waals surface area (Å²) in [5.74, 6) is -0.0750. The molecule has 3 heterocycles. The number of likely N-dealkylation sites (tertiary alicyclic amines) is 1. The van der Waals surface area contributed by atoms with Crippen molar-refractivity contribution in [2.24, 2.45) is 0 Å². The average molecular weight is 319 g/mol. The lowest BCUT2D eigenvalue weighted by Crippen LogP contribution is -2.32. The van der Waals surface area contributed by atoms with E-state index in [9.17, 15) is 4.79 Å². The fourth-order valence-electron chi connectivity index (χ4n) is 2.89. The van der Waals surface area contributed by atoms with Crippen molar-refractivity contribution in [2.45, 2.75) is 45.8 Å². The topological polar surface area (TPSA) is 63.1 Å². The van der Waals surface area contributed by atoms with Gasteiger partial charge < -0.3 is 5.32 Å². The van der Waals surface area contributed by atoms with Gasteiger partial charge in [0.1, 0.15) is 0 Å². The van der Waals surface area contributed by atoms with E-state index >= 15 is 0 Å². The third kappa shape index (κ3) is 3.72. The van der Waals surface area contributed by atoms with Crippen LogP contribution in [0.3, 0.4) is 0 Å². The predicted molar refractivity (Wildman–Crippen MR) is 86.8 cm³/mol. The molecule has 1 saturated heterocycles. The van der Waals surface area contributed by atoms with Crippen molar-refractivity contribution in [1.29, 1.82) is 0 Å². The van der Waals surface area contributed by atoms with Crippen molar-refractivity contribution in [1.82, 2.24) is 19.7 Å². The second-order valence-electron chi connectivity index (χ2n) is 5.83. The van der Waals surface area contributed by atoms with Gasteiger partial charge in [0.2, 0.25) is 5.91 Å². The number of nitrogens with zero attached hydrogens (tertiary/aromatic N) is 4. The van der Waals surface area contributed by atoms with Gasteiger partial charge in [0, 0.05) is 31.1 Å². The molecule has 1 N–H and O–H groups in total. The van der Waals surface area contributed by atoms with Gasteiger partial charge in [-0.15, -0.1) is 11.3 Å². The van der Waals surface area contributed by atoms with Crippen LogP contribution in [-0.4, -0.2) is 38.2 Å². The second kappa shape index (κ2) is 6.58. The predicted octanol–water partition coefficient (Wildman–Crippen LogP) is 2.27. The zero-order valence-corrected chi connectivity index (χ0v) is 13.8. The standard InChI is InChI=1S/C15H21N5OS/c1-11-6-16-20(7-11)9-14-4-3-5-19(14)8-13-10-22-15(18-13)17-12(2)21/h6-7,10,14H,3-5,8-9H2,1-2H3,(H,17,18,21)/t14-/m0/s1. The number of amides is 1. The van der Waals surface area contributed by atoms with E-state index in [-0.39, 0.29) is 5.91 Å². The summed E-state index contributed by atoms with van der Waals surface area (Å²) in [5.41, 5.74) is 2.22. The maximum absolute atomic E-state index is 11.1. The molecule has 6 nitrogen and oxygen atoms in total. The molecule has 0 aliphatic carbocycles. The van der Waals surface area contributed by atoms with Gasteiger partial charge >= 0.3 is 0 Å². The van der Waals surface area contributed by atoms with Crippen molar-refractivity contribution in [3.05, 3.63) is 29.0 Å². The van der Waals surface area contributed by atoms with Crippen molar-refractivity contribution < 1.29 is 4.79 Å². The van der Waals surface area contributed by atoms with Crippen molar-refractivity contribution >= 4 is 22.4 Å². The molecule has 118 valence electrons. The van der Waals surface area contributed by atoms with Gasteiger partial charge in [0.15, 0.2) is 5.13 Å². The number of carbonyl (C=O) groups excluding carboxylic acids is 1. The molecule has 1 amide bonds. The van der Waals surface area contributed by atoms with Crippen LogP contribution in [0.2, 0.25) is 0 Å². The Morgan fingerprint density at radius 3 is 3.14 bits per heavy atom. The molecule has 0 aromatic carbocycles. The molecule has 0 spiro atoms. The first kappa shape index (κ1) is 15.2. The van der Waals surface area contributed by atoms with Crippen LogP contribution in [0.4, 0.5) is 5.13 Å². The number of thiazole rings is 1. The summed E-state index contributed by atoms with van der Waals surface area (Å²) in [4.78, 5) is 18.0. The number of aromatic nitrogens is 3. The summed E-state index contributed by atoms with van der Waals surface area (Å²) < 4.78 is 2.03. The Balaban J connectivity index is 1.61. The lowest BCUT2D eigenvalue weighted by Gasteiger charge is -2.23. The molecule has 1 atom stereocenters. The Hall–Kier alpha value is -1.73. The van der Waals surface area contributed by atoms with Crippen LogP contribution < -0.4 is 5.32 Å². The molecule has 0 unspecified atom stereocenters. The van der Waals surface area contributed by atoms with Gasteiger partial charge in [-0.2, -0.15) is 5.10 Å². The molecule has 0 bridgehead atoms. The Morgan fingerprint density at radius 1 is 1.55 bits per heavy atom. The third-order valence-corrected chi connectivity index (χ3v) is 4.67. The van der Waals surface area contributed by atoms with Crippen LogP contribution in [0.25, 0.3) is 0 Å². The SMILES string of the molecule is CC(=O)Nc1nc(CN2CCC[C@H]2Cn2cc(C)cn2)cs1. The van der Waals surface area contributed by atoms with Crippen molar-refractivity contribution in [3.63, 3.8) is 0 Å². The molecule has 1 aliphatic heterocycles. The van der Waals surface area contributed by atoms with Gasteiger partial charge in [-0.25, -0.2) is 4.98 Å². The Bertz CT molecular complexity index is 650. The highest BCUT2D eigenvalue weighted by atomic mass is 32.1. The van der Waals surface area contributed by atoms with Crippen LogP contribution in [-0.2, 0) is 17.9 Å². The van der Waals surface area contributed by atoms with Gasteiger partial charge in [-0.3, -0.25) is 14.4 Å². The second-order valence-corrected chi connectivity index (χ2v) is 6.69. The summed E-state index contributed by atoms with van der Waals surface area (Å²) in [6, 6.07) is 0.505. The van der Waals surface area contributed by atoms with Crippen LogP contribution >= 0.6 is 11.3 Å². The van der Waals surface area contributed by atoms with Crippen LogP contribution in [0.5, 0.6) is 0 Å². The molecule has 2 aromatic heterocycles. The molecule has 0 saturated carbocycles. The Morgan fingerprint density at radius 2 is 2.41 bits per heavy atom. The van der Waals surface area contributed by atoms with E-state index in [0.717, 1.165) is 25.3 Å². The number of hydrogen-bond acceptors (Lipinski definition) is 5. The van der Waals surface area contributed by atoms with Gasteiger partial charge in [0.25, 0.3) is 0 Å². The molecule has 3 rings (SSSR count). The quantitative estimate of drug-likeness (QED) is 0.918. The normalized spacial score (nSPS) is 18.7. The third-order valence-electron chi connectivity index (χ3n) is 3.86. The zero-order chi connectivity index (χ0) is 15.5. The maximum Gasteiger partial charge on any atom is 0.223 e. The molecule has 1 aliphatic rings. The molecule has 7 heteroatoms. The summed E-state index contributed by atoms with van der Waals surface area (Å²) in [6.45, 7) is 6.42. The highest BCUT2D eigenvalue weighted by molar-refractivity contribution is 7.13. The number of aryl methyl sites for hydroxylation is 1. The minimum absolute atomic E-state index is 0.0750. The molecule has 0 radical (unpaired) electrons. The summed E-state index contributed by atoms with van der Waals surface area (Å²) >= 11 is 1.48. The number of nitrogens with one attached hydrogen (secondary N) is 1. The Labute approximate surface area is 134 Å². The van der Waals surface area contributed by atoms with Crippen molar-refractivity contribution in [2.75, 3.05) is 11.9 Å². The van der Waals surface area contributed by atoms with Crippen LogP contribution in [0.1, 0.15) is 31.0 Å². The smallest absolute Gasteiger partial charge is 0.223 e. The highest BCUT2D eigenvalue weighted by Crippen LogP contribution is 2.23. The number of rotatable bonds is 5. The van der Waals surface area contributed by atoms with E-state index < -0.39 is 0 Å². The minimum atomic E-state index is -0.0750. The first-order valence-corrected chi connectivity index (χ1v) is 8.43. The zero-order valence-electron chi connectivity index (χ0n) is 13.0. The fourth-order valence-corrected chi connectivity index (χ4v) is 3.64. The number of anilines is 1. The fraction of sp³-hybridized carbons (Fsp3) is 0.533. The number of carbonyl (C=O) groups is 1. The molecular formula is C15H21N5OS. The summed E-state index contributed by atoms with van der Waals surface area (Å²) in [6.07, 6.45) is 6.41. The lowest BCUT2D eigenvalue weighted by molar-refractivity contribution is -0.114. The van der Waals surface area contributed by atoms with Gasteiger partial charge in [0.05, 0.1) is 18.4 Å². The van der Waals surface area contributed by atoms with E-state index in [1.807, 2.05) is 16.3 Å². The summed E-state index contributed by atoms with van der Waals surface area (Å²) in [7, 11) is 0. The monoisotopic (exact) mass is 319 g/mol. The van der Waals surface area contributed by atoms with Gasteiger partial charge in [-0.05, 0) is 31.9 Å². The average Bonchev–Trinajstić information content (AvgIpc) is 3.15. The minimum Gasteiger partial charge on any atom is -0.302 e.